The Hall–Kier alpha value is -2.44. The molecule has 3 rings (SSSR count). The molecule has 4 nitrogen and oxygen atoms in total. The van der Waals surface area contributed by atoms with E-state index in [9.17, 15) is 18.0 Å². The van der Waals surface area contributed by atoms with Gasteiger partial charge in [0.2, 0.25) is 0 Å². The minimum atomic E-state index is -4.87. The van der Waals surface area contributed by atoms with Crippen molar-refractivity contribution in [2.45, 2.75) is 38.8 Å². The Kier molecular flexibility index (Phi) is 3.85. The summed E-state index contributed by atoms with van der Waals surface area (Å²) in [6, 6.07) is 6.93. The number of alkyl halides is 3. The van der Waals surface area contributed by atoms with E-state index in [1.807, 2.05) is 16.8 Å². The Morgan fingerprint density at radius 3 is 2.40 bits per heavy atom. The molecule has 0 aliphatic carbocycles. The van der Waals surface area contributed by atoms with Crippen molar-refractivity contribution in [2.24, 2.45) is 0 Å². The number of anilines is 2. The number of rotatable bonds is 1. The molecule has 25 heavy (non-hydrogen) atoms. The topological polar surface area (TPSA) is 51.3 Å². The molecule has 2 N–H and O–H groups in total. The fraction of sp³-hybridized carbons (Fsp3) is 0.389. The molecule has 0 saturated carbocycles. The highest BCUT2D eigenvalue weighted by molar-refractivity contribution is 5.99. The molecule has 2 aromatic rings. The second-order valence-corrected chi connectivity index (χ2v) is 7.29. The lowest BCUT2D eigenvalue weighted by atomic mass is 9.89. The van der Waals surface area contributed by atoms with Crippen molar-refractivity contribution in [2.75, 3.05) is 17.2 Å². The van der Waals surface area contributed by atoms with E-state index < -0.39 is 12.1 Å². The lowest BCUT2D eigenvalue weighted by Crippen LogP contribution is -2.40. The van der Waals surface area contributed by atoms with Gasteiger partial charge in [0.25, 0.3) is 0 Å². The van der Waals surface area contributed by atoms with Crippen molar-refractivity contribution in [3.8, 4) is 5.69 Å². The lowest BCUT2D eigenvalue weighted by Gasteiger charge is -2.19. The number of hydrogen-bond donors (Lipinski definition) is 1. The highest BCUT2D eigenvalue weighted by Crippen LogP contribution is 2.34. The summed E-state index contributed by atoms with van der Waals surface area (Å²) in [5.74, 6) is -1.26. The molecular formula is C18H20F3N3O. The maximum absolute atomic E-state index is 12.7. The molecule has 1 amide bonds. The zero-order valence-corrected chi connectivity index (χ0v) is 14.3. The lowest BCUT2D eigenvalue weighted by molar-refractivity contribution is -0.170. The number of benzene rings is 1. The van der Waals surface area contributed by atoms with Crippen molar-refractivity contribution in [1.82, 2.24) is 4.57 Å². The predicted molar refractivity (Wildman–Crippen MR) is 91.0 cm³/mol. The van der Waals surface area contributed by atoms with Crippen LogP contribution in [0.2, 0.25) is 0 Å². The van der Waals surface area contributed by atoms with Gasteiger partial charge in [0.05, 0.1) is 0 Å². The van der Waals surface area contributed by atoms with Gasteiger partial charge in [-0.3, -0.25) is 4.79 Å². The van der Waals surface area contributed by atoms with Crippen molar-refractivity contribution in [3.63, 3.8) is 0 Å². The van der Waals surface area contributed by atoms with Gasteiger partial charge >= 0.3 is 12.1 Å². The third-order valence-corrected chi connectivity index (χ3v) is 4.44. The van der Waals surface area contributed by atoms with Crippen LogP contribution in [0.1, 0.15) is 31.9 Å². The molecule has 7 heteroatoms. The van der Waals surface area contributed by atoms with Crippen LogP contribution in [0.5, 0.6) is 0 Å². The number of nitrogens with two attached hydrogens (primary N) is 1. The fourth-order valence-electron chi connectivity index (χ4n) is 3.02. The van der Waals surface area contributed by atoms with Crippen LogP contribution in [0, 0.1) is 0 Å². The van der Waals surface area contributed by atoms with E-state index in [2.05, 4.69) is 20.8 Å². The molecule has 1 aliphatic rings. The Bertz CT molecular complexity index is 831. The number of halogens is 3. The molecule has 0 bridgehead atoms. The average Bonchev–Trinajstić information content (AvgIpc) is 3.07. The Morgan fingerprint density at radius 1 is 1.16 bits per heavy atom. The first kappa shape index (κ1) is 17.4. The van der Waals surface area contributed by atoms with Crippen LogP contribution in [0.3, 0.4) is 0 Å². The number of fused-ring (bicyclic) bond motifs is 1. The highest BCUT2D eigenvalue weighted by Gasteiger charge is 2.44. The van der Waals surface area contributed by atoms with E-state index in [1.165, 1.54) is 0 Å². The van der Waals surface area contributed by atoms with Crippen LogP contribution in [-0.2, 0) is 16.6 Å². The number of carbonyl (C=O) groups is 1. The zero-order chi connectivity index (χ0) is 18.6. The molecule has 1 aromatic carbocycles. The zero-order valence-electron chi connectivity index (χ0n) is 14.3. The monoisotopic (exact) mass is 351 g/mol. The van der Waals surface area contributed by atoms with Crippen LogP contribution < -0.4 is 10.6 Å². The van der Waals surface area contributed by atoms with Crippen LogP contribution in [0.25, 0.3) is 5.69 Å². The summed E-state index contributed by atoms with van der Waals surface area (Å²) in [5.41, 5.74) is 8.90. The molecule has 1 aliphatic heterocycles. The number of carbonyl (C=O) groups excluding carboxylic acids is 1. The van der Waals surface area contributed by atoms with Crippen LogP contribution in [0.4, 0.5) is 24.7 Å². The van der Waals surface area contributed by atoms with E-state index >= 15 is 0 Å². The van der Waals surface area contributed by atoms with Gasteiger partial charge in [-0.2, -0.15) is 13.2 Å². The van der Waals surface area contributed by atoms with Gasteiger partial charge in [0.15, 0.2) is 0 Å². The maximum atomic E-state index is 12.7. The van der Waals surface area contributed by atoms with E-state index in [0.29, 0.717) is 23.5 Å². The normalized spacial score (nSPS) is 14.7. The van der Waals surface area contributed by atoms with Crippen LogP contribution in [0.15, 0.2) is 30.5 Å². The van der Waals surface area contributed by atoms with Crippen molar-refractivity contribution >= 4 is 17.4 Å². The molecule has 0 atom stereocenters. The van der Waals surface area contributed by atoms with Gasteiger partial charge in [-0.25, -0.2) is 0 Å². The molecule has 0 saturated heterocycles. The number of nitrogens with zero attached hydrogens (tertiary/aromatic N) is 2. The Morgan fingerprint density at radius 2 is 1.84 bits per heavy atom. The number of hydrogen-bond acceptors (Lipinski definition) is 2. The predicted octanol–water partition coefficient (Wildman–Crippen LogP) is 3.81. The Balaban J connectivity index is 1.96. The SMILES string of the molecule is CC(C)(C)c1cc(N)n(-c2ccc3c(c2)CCN3C(=O)C(F)(F)F)c1. The van der Waals surface area contributed by atoms with Gasteiger partial charge in [-0.1, -0.05) is 20.8 Å². The smallest absolute Gasteiger partial charge is 0.385 e. The summed E-state index contributed by atoms with van der Waals surface area (Å²) in [5, 5.41) is 0. The summed E-state index contributed by atoms with van der Waals surface area (Å²) >= 11 is 0. The van der Waals surface area contributed by atoms with Crippen molar-refractivity contribution < 1.29 is 18.0 Å². The van der Waals surface area contributed by atoms with E-state index in [-0.39, 0.29) is 12.0 Å². The van der Waals surface area contributed by atoms with Crippen molar-refractivity contribution in [1.29, 1.82) is 0 Å². The fourth-order valence-corrected chi connectivity index (χ4v) is 3.02. The van der Waals surface area contributed by atoms with Crippen LogP contribution in [-0.4, -0.2) is 23.2 Å². The van der Waals surface area contributed by atoms with Gasteiger partial charge in [-0.15, -0.1) is 0 Å². The van der Waals surface area contributed by atoms with Crippen LogP contribution >= 0.6 is 0 Å². The minimum Gasteiger partial charge on any atom is -0.385 e. The molecule has 0 spiro atoms. The molecule has 134 valence electrons. The summed E-state index contributed by atoms with van der Waals surface area (Å²) in [7, 11) is 0. The largest absolute Gasteiger partial charge is 0.471 e. The first-order valence-electron chi connectivity index (χ1n) is 7.99. The van der Waals surface area contributed by atoms with E-state index in [1.54, 1.807) is 18.2 Å². The quantitative estimate of drug-likeness (QED) is 0.849. The van der Waals surface area contributed by atoms with Gasteiger partial charge in [-0.05, 0) is 47.2 Å². The molecule has 0 unspecified atom stereocenters. The molecule has 2 heterocycles. The second kappa shape index (κ2) is 5.54. The van der Waals surface area contributed by atoms with E-state index in [4.69, 9.17) is 5.73 Å². The second-order valence-electron chi connectivity index (χ2n) is 7.29. The summed E-state index contributed by atoms with van der Waals surface area (Å²) in [4.78, 5) is 12.3. The number of nitrogen functional groups attached to an aromatic ring is 1. The molecule has 0 radical (unpaired) electrons. The first-order chi connectivity index (χ1) is 11.5. The summed E-state index contributed by atoms with van der Waals surface area (Å²) in [6.45, 7) is 6.27. The number of amides is 1. The standard InChI is InChI=1S/C18H20F3N3O/c1-17(2,3)12-9-15(22)24(10-12)13-4-5-14-11(8-13)6-7-23(14)16(25)18(19,20)21/h4-5,8-10H,6-7,22H2,1-3H3. The number of aromatic nitrogens is 1. The molecular weight excluding hydrogens is 331 g/mol. The Labute approximate surface area is 144 Å². The molecule has 1 aromatic heterocycles. The maximum Gasteiger partial charge on any atom is 0.471 e. The summed E-state index contributed by atoms with van der Waals surface area (Å²) < 4.78 is 39.9. The first-order valence-corrected chi connectivity index (χ1v) is 7.99. The third kappa shape index (κ3) is 3.10. The van der Waals surface area contributed by atoms with Gasteiger partial charge < -0.3 is 15.2 Å². The van der Waals surface area contributed by atoms with Gasteiger partial charge in [0, 0.05) is 24.1 Å². The highest BCUT2D eigenvalue weighted by atomic mass is 19.4. The van der Waals surface area contributed by atoms with Crippen molar-refractivity contribution in [3.05, 3.63) is 41.6 Å². The summed E-state index contributed by atoms with van der Waals surface area (Å²) in [6.07, 6.45) is -2.55. The molecule has 0 fully saturated rings. The average molecular weight is 351 g/mol. The minimum absolute atomic E-state index is 0.0333. The van der Waals surface area contributed by atoms with E-state index in [0.717, 1.165) is 16.2 Å². The van der Waals surface area contributed by atoms with Gasteiger partial charge in [0.1, 0.15) is 5.82 Å². The third-order valence-electron chi connectivity index (χ3n) is 4.44.